The van der Waals surface area contributed by atoms with Crippen LogP contribution in [0.15, 0.2) is 18.2 Å². The summed E-state index contributed by atoms with van der Waals surface area (Å²) in [4.78, 5) is 0. The average molecular weight is 496 g/mol. The van der Waals surface area contributed by atoms with Crippen molar-refractivity contribution < 1.29 is 25.8 Å². The fourth-order valence-corrected chi connectivity index (χ4v) is 0.340. The standard InChI is InChI=1S/C5H5.2CH3.2BrH.Hf.H4Si2/c1-2-4-5-3-1;;;;;;1-2/h1-3H,4H2;2*1H3;2*1H;;1-2H2/q3*-1;;;;. The van der Waals surface area contributed by atoms with E-state index in [1.807, 2.05) is 31.7 Å². The first kappa shape index (κ1) is 37.2. The molecule has 0 atom stereocenters. The van der Waals surface area contributed by atoms with E-state index in [1.165, 1.54) is 0 Å². The van der Waals surface area contributed by atoms with Crippen molar-refractivity contribution in [2.45, 2.75) is 6.42 Å². The molecule has 0 saturated heterocycles. The van der Waals surface area contributed by atoms with Crippen molar-refractivity contribution >= 4 is 53.5 Å². The van der Waals surface area contributed by atoms with Gasteiger partial charge in [-0.05, 0) is 19.5 Å². The molecule has 0 heterocycles. The molecule has 1 aliphatic carbocycles. The van der Waals surface area contributed by atoms with E-state index in [0.29, 0.717) is 0 Å². The van der Waals surface area contributed by atoms with Gasteiger partial charge in [-0.25, -0.2) is 12.2 Å². The van der Waals surface area contributed by atoms with Crippen LogP contribution in [0.25, 0.3) is 0 Å². The Morgan fingerprint density at radius 3 is 1.58 bits per heavy atom. The third kappa shape index (κ3) is 29.8. The molecular weight excluding hydrogens is 479 g/mol. The largest absolute Gasteiger partial charge is 0.358 e. The monoisotopic (exact) mass is 495 g/mol. The Hall–Kier alpha value is 1.74. The van der Waals surface area contributed by atoms with Gasteiger partial charge in [0, 0.05) is 25.8 Å². The van der Waals surface area contributed by atoms with Crippen LogP contribution >= 0.6 is 34.0 Å². The summed E-state index contributed by atoms with van der Waals surface area (Å²) in [7, 11) is 3.78. The minimum Gasteiger partial charge on any atom is -0.358 e. The summed E-state index contributed by atoms with van der Waals surface area (Å²) in [6.45, 7) is 0. The summed E-state index contributed by atoms with van der Waals surface area (Å²) in [5, 5.41) is 0. The molecule has 12 heavy (non-hydrogen) atoms. The van der Waals surface area contributed by atoms with E-state index >= 15 is 0 Å². The first-order chi connectivity index (χ1) is 3.50. The zero-order valence-corrected chi connectivity index (χ0v) is 17.5. The third-order valence-electron chi connectivity index (χ3n) is 0.586. The van der Waals surface area contributed by atoms with Gasteiger partial charge in [0.1, 0.15) is 0 Å². The van der Waals surface area contributed by atoms with Gasteiger partial charge in [-0.2, -0.15) is 6.08 Å². The summed E-state index contributed by atoms with van der Waals surface area (Å²) in [5.41, 5.74) is 0. The molecule has 2 radical (unpaired) electrons. The van der Waals surface area contributed by atoms with Crippen LogP contribution in [0, 0.1) is 20.9 Å². The van der Waals surface area contributed by atoms with Gasteiger partial charge in [-0.1, -0.05) is 0 Å². The van der Waals surface area contributed by atoms with E-state index in [1.54, 1.807) is 0 Å². The molecule has 0 N–H and O–H groups in total. The Morgan fingerprint density at radius 2 is 1.50 bits per heavy atom. The quantitative estimate of drug-likeness (QED) is 0.353. The van der Waals surface area contributed by atoms with Crippen molar-refractivity contribution in [3.63, 3.8) is 0 Å². The van der Waals surface area contributed by atoms with Crippen molar-refractivity contribution in [3.8, 4) is 0 Å². The first-order valence-corrected chi connectivity index (χ1v) is 6.22. The van der Waals surface area contributed by atoms with Gasteiger partial charge in [0.05, 0.1) is 0 Å². The number of halogens is 2. The van der Waals surface area contributed by atoms with Gasteiger partial charge in [0.15, 0.2) is 0 Å². The number of allylic oxidation sites excluding steroid dienone is 4. The Bertz CT molecular complexity index is 77.5. The van der Waals surface area contributed by atoms with Crippen LogP contribution in [0.2, 0.25) is 0 Å². The van der Waals surface area contributed by atoms with Gasteiger partial charge < -0.3 is 14.9 Å². The molecule has 0 amide bonds. The van der Waals surface area contributed by atoms with Crippen LogP contribution < -0.4 is 0 Å². The first-order valence-electron chi connectivity index (χ1n) is 2.22. The molecule has 0 fully saturated rings. The van der Waals surface area contributed by atoms with Crippen molar-refractivity contribution in [1.82, 2.24) is 0 Å². The molecular formula is C7H17Br2HfSi2-3. The topological polar surface area (TPSA) is 0 Å². The second-order valence-corrected chi connectivity index (χ2v) is 1.00. The van der Waals surface area contributed by atoms with E-state index in [0.717, 1.165) is 6.42 Å². The van der Waals surface area contributed by atoms with Gasteiger partial charge in [0.25, 0.3) is 0 Å². The predicted molar refractivity (Wildman–Crippen MR) is 72.1 cm³/mol. The minimum absolute atomic E-state index is 0. The molecule has 0 unspecified atom stereocenters. The van der Waals surface area contributed by atoms with Gasteiger partial charge >= 0.3 is 0 Å². The Balaban J connectivity index is -0.0000000122. The number of hydrogen-bond donors (Lipinski definition) is 0. The Morgan fingerprint density at radius 1 is 1.08 bits per heavy atom. The Kier molecular flexibility index (Phi) is 120. The SMILES string of the molecule is Br.Br.[C-]1=CC=CC1.[CH3-].[CH3-].[Hf].[SiH2][SiH2]. The molecule has 0 aliphatic heterocycles. The molecule has 0 aromatic rings. The Labute approximate surface area is 124 Å². The number of hydrogen-bond acceptors (Lipinski definition) is 0. The summed E-state index contributed by atoms with van der Waals surface area (Å²) in [6.07, 6.45) is 10.0. The maximum absolute atomic E-state index is 2.99. The molecule has 74 valence electrons. The number of rotatable bonds is 0. The van der Waals surface area contributed by atoms with Crippen molar-refractivity contribution in [1.29, 1.82) is 0 Å². The van der Waals surface area contributed by atoms with E-state index in [4.69, 9.17) is 0 Å². The van der Waals surface area contributed by atoms with Crippen molar-refractivity contribution in [2.75, 3.05) is 0 Å². The summed E-state index contributed by atoms with van der Waals surface area (Å²) >= 11 is 0. The zero-order chi connectivity index (χ0) is 5.54. The average Bonchev–Trinajstić information content (AvgIpc) is 2.23. The molecule has 5 heteroatoms. The van der Waals surface area contributed by atoms with Gasteiger partial charge in [0.2, 0.25) is 0 Å². The molecule has 0 bridgehead atoms. The summed E-state index contributed by atoms with van der Waals surface area (Å²) < 4.78 is 0. The molecule has 0 aromatic carbocycles. The fraction of sp³-hybridized carbons (Fsp3) is 0.143. The van der Waals surface area contributed by atoms with Crippen molar-refractivity contribution in [3.05, 3.63) is 39.2 Å². The second-order valence-electron chi connectivity index (χ2n) is 1.00. The van der Waals surface area contributed by atoms with Crippen molar-refractivity contribution in [2.24, 2.45) is 0 Å². The van der Waals surface area contributed by atoms with Crippen LogP contribution in [0.4, 0.5) is 0 Å². The predicted octanol–water partition coefficient (Wildman–Crippen LogP) is 1.53. The van der Waals surface area contributed by atoms with Gasteiger partial charge in [-0.3, -0.25) is 6.08 Å². The van der Waals surface area contributed by atoms with Crippen LogP contribution in [-0.2, 0) is 25.8 Å². The molecule has 0 aromatic heterocycles. The smallest absolute Gasteiger partial charge is 0 e. The van der Waals surface area contributed by atoms with Crippen LogP contribution in [-0.4, -0.2) is 19.5 Å². The molecule has 1 rings (SSSR count). The second kappa shape index (κ2) is 38.6. The van der Waals surface area contributed by atoms with E-state index in [9.17, 15) is 0 Å². The van der Waals surface area contributed by atoms with Crippen LogP contribution in [0.3, 0.4) is 0 Å². The maximum atomic E-state index is 2.99. The third-order valence-corrected chi connectivity index (χ3v) is 0.586. The molecule has 0 saturated carbocycles. The van der Waals surface area contributed by atoms with E-state index < -0.39 is 0 Å². The van der Waals surface area contributed by atoms with Crippen LogP contribution in [0.5, 0.6) is 0 Å². The molecule has 0 spiro atoms. The summed E-state index contributed by atoms with van der Waals surface area (Å²) in [5.74, 6) is 0. The minimum atomic E-state index is 0. The zero-order valence-electron chi connectivity index (χ0n) is 7.67. The van der Waals surface area contributed by atoms with Crippen LogP contribution in [0.1, 0.15) is 6.42 Å². The normalized spacial score (nSPS) is 7.83. The maximum Gasteiger partial charge on any atom is 0 e. The van der Waals surface area contributed by atoms with E-state index in [-0.39, 0.29) is 74.7 Å². The fourth-order valence-electron chi connectivity index (χ4n) is 0.340. The summed E-state index contributed by atoms with van der Waals surface area (Å²) in [6, 6.07) is 0. The molecule has 0 nitrogen and oxygen atoms in total. The van der Waals surface area contributed by atoms with E-state index in [2.05, 4.69) is 12.2 Å². The molecule has 1 aliphatic rings. The van der Waals surface area contributed by atoms with Gasteiger partial charge in [-0.15, -0.1) is 40.4 Å².